The van der Waals surface area contributed by atoms with Crippen molar-refractivity contribution >= 4 is 40.0 Å². The number of anilines is 3. The lowest BCUT2D eigenvalue weighted by Gasteiger charge is -2.30. The van der Waals surface area contributed by atoms with Gasteiger partial charge in [0.1, 0.15) is 5.75 Å². The fourth-order valence-corrected chi connectivity index (χ4v) is 4.04. The Labute approximate surface area is 179 Å². The molecule has 154 valence electrons. The van der Waals surface area contributed by atoms with Crippen LogP contribution in [0.1, 0.15) is 44.1 Å². The first kappa shape index (κ1) is 19.9. The zero-order valence-electron chi connectivity index (χ0n) is 16.4. The number of phenols is 1. The summed E-state index contributed by atoms with van der Waals surface area (Å²) in [6, 6.07) is 5.20. The fourth-order valence-electron chi connectivity index (χ4n) is 3.66. The highest BCUT2D eigenvalue weighted by Gasteiger charge is 2.20. The molecule has 29 heavy (non-hydrogen) atoms. The molecule has 1 aromatic carbocycles. The summed E-state index contributed by atoms with van der Waals surface area (Å²) in [6.07, 6.45) is 8.71. The minimum absolute atomic E-state index is 0.164. The summed E-state index contributed by atoms with van der Waals surface area (Å²) < 4.78 is 0.872. The van der Waals surface area contributed by atoms with E-state index in [0.29, 0.717) is 23.4 Å². The van der Waals surface area contributed by atoms with Crippen LogP contribution in [-0.4, -0.2) is 52.5 Å². The molecular weight excluding hydrogens is 434 g/mol. The van der Waals surface area contributed by atoms with E-state index in [9.17, 15) is 5.11 Å². The quantitative estimate of drug-likeness (QED) is 0.519. The van der Waals surface area contributed by atoms with Crippen LogP contribution >= 0.6 is 15.9 Å². The molecule has 0 saturated carbocycles. The number of aromatic nitrogens is 3. The molecule has 8 nitrogen and oxygen atoms in total. The Morgan fingerprint density at radius 1 is 0.897 bits per heavy atom. The smallest absolute Gasteiger partial charge is 0.250 e. The topological polar surface area (TPSA) is 89.8 Å². The van der Waals surface area contributed by atoms with E-state index in [1.165, 1.54) is 12.8 Å². The van der Waals surface area contributed by atoms with Crippen LogP contribution in [0.2, 0.25) is 0 Å². The maximum Gasteiger partial charge on any atom is 0.250 e. The molecule has 0 amide bonds. The summed E-state index contributed by atoms with van der Waals surface area (Å²) in [6.45, 7) is 3.88. The molecule has 0 radical (unpaired) electrons. The predicted molar refractivity (Wildman–Crippen MR) is 119 cm³/mol. The Kier molecular flexibility index (Phi) is 6.43. The molecule has 2 aliphatic rings. The number of hydrogen-bond acceptors (Lipinski definition) is 8. The van der Waals surface area contributed by atoms with Crippen molar-refractivity contribution in [1.82, 2.24) is 15.0 Å². The molecule has 4 rings (SSSR count). The maximum atomic E-state index is 9.97. The lowest BCUT2D eigenvalue weighted by atomic mass is 10.1. The van der Waals surface area contributed by atoms with Crippen LogP contribution < -0.4 is 15.2 Å². The number of hydrazone groups is 1. The third kappa shape index (κ3) is 5.14. The second-order valence-corrected chi connectivity index (χ2v) is 8.34. The molecule has 0 unspecified atom stereocenters. The largest absolute Gasteiger partial charge is 0.507 e. The van der Waals surface area contributed by atoms with Gasteiger partial charge in [-0.25, -0.2) is 5.43 Å². The van der Waals surface area contributed by atoms with Crippen molar-refractivity contribution in [3.05, 3.63) is 28.2 Å². The van der Waals surface area contributed by atoms with Crippen molar-refractivity contribution < 1.29 is 5.11 Å². The van der Waals surface area contributed by atoms with E-state index in [2.05, 4.69) is 46.2 Å². The second-order valence-electron chi connectivity index (χ2n) is 7.43. The number of aromatic hydroxyl groups is 1. The van der Waals surface area contributed by atoms with Crippen LogP contribution in [0.15, 0.2) is 27.8 Å². The lowest BCUT2D eigenvalue weighted by molar-refractivity contribution is 0.474. The van der Waals surface area contributed by atoms with Gasteiger partial charge in [0.25, 0.3) is 0 Å². The standard InChI is InChI=1S/C20H26BrN7O/c21-16-7-8-17(29)15(13-16)14-22-26-18-23-19(27-9-3-1-4-10-27)25-20(24-18)28-11-5-2-6-12-28/h7-8,13-14,29H,1-6,9-12H2,(H,23,24,25,26)/b22-14-. The summed E-state index contributed by atoms with van der Waals surface area (Å²) in [7, 11) is 0. The summed E-state index contributed by atoms with van der Waals surface area (Å²) in [5.41, 5.74) is 3.53. The molecule has 2 fully saturated rings. The third-order valence-electron chi connectivity index (χ3n) is 5.25. The maximum absolute atomic E-state index is 9.97. The summed E-state index contributed by atoms with van der Waals surface area (Å²) in [5.74, 6) is 2.01. The van der Waals surface area contributed by atoms with Gasteiger partial charge in [-0.05, 0) is 56.7 Å². The molecule has 0 spiro atoms. The van der Waals surface area contributed by atoms with Gasteiger partial charge in [0.2, 0.25) is 17.8 Å². The van der Waals surface area contributed by atoms with E-state index in [-0.39, 0.29) is 5.75 Å². The van der Waals surface area contributed by atoms with Gasteiger partial charge in [-0.15, -0.1) is 0 Å². The average Bonchev–Trinajstić information content (AvgIpc) is 2.77. The number of nitrogens with zero attached hydrogens (tertiary/aromatic N) is 6. The van der Waals surface area contributed by atoms with E-state index < -0.39 is 0 Å². The van der Waals surface area contributed by atoms with E-state index in [4.69, 9.17) is 4.98 Å². The van der Waals surface area contributed by atoms with Crippen LogP contribution in [0, 0.1) is 0 Å². The predicted octanol–water partition coefficient (Wildman–Crippen LogP) is 3.77. The van der Waals surface area contributed by atoms with E-state index >= 15 is 0 Å². The van der Waals surface area contributed by atoms with E-state index in [1.54, 1.807) is 24.4 Å². The van der Waals surface area contributed by atoms with Crippen LogP contribution in [-0.2, 0) is 0 Å². The lowest BCUT2D eigenvalue weighted by Crippen LogP contribution is -2.34. The Balaban J connectivity index is 1.57. The van der Waals surface area contributed by atoms with Gasteiger partial charge in [0, 0.05) is 36.2 Å². The summed E-state index contributed by atoms with van der Waals surface area (Å²) in [5, 5.41) is 14.2. The van der Waals surface area contributed by atoms with Crippen molar-refractivity contribution in [2.45, 2.75) is 38.5 Å². The monoisotopic (exact) mass is 459 g/mol. The van der Waals surface area contributed by atoms with Crippen LogP contribution in [0.5, 0.6) is 5.75 Å². The highest BCUT2D eigenvalue weighted by atomic mass is 79.9. The molecule has 3 heterocycles. The summed E-state index contributed by atoms with van der Waals surface area (Å²) in [4.78, 5) is 18.4. The number of nitrogens with one attached hydrogen (secondary N) is 1. The Morgan fingerprint density at radius 3 is 2.07 bits per heavy atom. The van der Waals surface area contributed by atoms with Crippen molar-refractivity contribution in [1.29, 1.82) is 0 Å². The zero-order valence-corrected chi connectivity index (χ0v) is 18.0. The second kappa shape index (κ2) is 9.39. The van der Waals surface area contributed by atoms with Crippen LogP contribution in [0.25, 0.3) is 0 Å². The molecule has 2 saturated heterocycles. The van der Waals surface area contributed by atoms with E-state index in [1.807, 2.05) is 0 Å². The normalized spacial score (nSPS) is 17.7. The Bertz CT molecular complexity index is 828. The molecule has 1 aromatic heterocycles. The number of halogens is 1. The number of phenolic OH excluding ortho intramolecular Hbond substituents is 1. The van der Waals surface area contributed by atoms with Gasteiger partial charge < -0.3 is 14.9 Å². The molecular formula is C20H26BrN7O. The number of hydrogen-bond donors (Lipinski definition) is 2. The van der Waals surface area contributed by atoms with Crippen molar-refractivity contribution in [2.24, 2.45) is 5.10 Å². The van der Waals surface area contributed by atoms with Gasteiger partial charge >= 0.3 is 0 Å². The average molecular weight is 460 g/mol. The third-order valence-corrected chi connectivity index (χ3v) is 5.74. The van der Waals surface area contributed by atoms with Gasteiger partial charge in [0.05, 0.1) is 6.21 Å². The molecule has 2 aliphatic heterocycles. The van der Waals surface area contributed by atoms with Crippen molar-refractivity contribution in [2.75, 3.05) is 41.4 Å². The fraction of sp³-hybridized carbons (Fsp3) is 0.500. The Hall–Kier alpha value is -2.42. The Morgan fingerprint density at radius 2 is 1.48 bits per heavy atom. The van der Waals surface area contributed by atoms with Gasteiger partial charge in [-0.1, -0.05) is 15.9 Å². The molecule has 0 bridgehead atoms. The SMILES string of the molecule is Oc1ccc(Br)cc1/C=N\Nc1nc(N2CCCCC2)nc(N2CCCCC2)n1. The summed E-state index contributed by atoms with van der Waals surface area (Å²) >= 11 is 3.40. The first-order chi connectivity index (χ1) is 14.2. The molecule has 2 aromatic rings. The highest BCUT2D eigenvalue weighted by Crippen LogP contribution is 2.23. The van der Waals surface area contributed by atoms with Crippen LogP contribution in [0.3, 0.4) is 0 Å². The first-order valence-electron chi connectivity index (χ1n) is 10.2. The van der Waals surface area contributed by atoms with Gasteiger partial charge in [-0.2, -0.15) is 20.1 Å². The van der Waals surface area contributed by atoms with Crippen molar-refractivity contribution in [3.8, 4) is 5.75 Å². The van der Waals surface area contributed by atoms with Gasteiger partial charge in [-0.3, -0.25) is 0 Å². The minimum atomic E-state index is 0.164. The highest BCUT2D eigenvalue weighted by molar-refractivity contribution is 9.10. The number of benzene rings is 1. The first-order valence-corrected chi connectivity index (χ1v) is 11.0. The molecule has 9 heteroatoms. The number of rotatable bonds is 5. The van der Waals surface area contributed by atoms with Gasteiger partial charge in [0.15, 0.2) is 0 Å². The molecule has 0 aliphatic carbocycles. The molecule has 2 N–H and O–H groups in total. The molecule has 0 atom stereocenters. The van der Waals surface area contributed by atoms with Crippen LogP contribution in [0.4, 0.5) is 17.8 Å². The zero-order chi connectivity index (χ0) is 20.1. The number of piperidine rings is 2. The van der Waals surface area contributed by atoms with Crippen molar-refractivity contribution in [3.63, 3.8) is 0 Å². The minimum Gasteiger partial charge on any atom is -0.507 e. The van der Waals surface area contributed by atoms with E-state index in [0.717, 1.165) is 56.3 Å².